The Morgan fingerprint density at radius 1 is 1.24 bits per heavy atom. The van der Waals surface area contributed by atoms with Gasteiger partial charge < -0.3 is 4.90 Å². The van der Waals surface area contributed by atoms with Crippen LogP contribution in [0.3, 0.4) is 0 Å². The molecule has 1 aromatic carbocycles. The Bertz CT molecular complexity index is 994. The second-order valence-corrected chi connectivity index (χ2v) is 9.04. The lowest BCUT2D eigenvalue weighted by Crippen LogP contribution is -2.43. The molecule has 0 radical (unpaired) electrons. The van der Waals surface area contributed by atoms with Crippen molar-refractivity contribution in [1.82, 2.24) is 19.0 Å². The number of carbonyl (C=O) groups excluding carboxylic acids is 1. The Morgan fingerprint density at radius 3 is 2.38 bits per heavy atom. The Balaban J connectivity index is 1.60. The summed E-state index contributed by atoms with van der Waals surface area (Å²) in [7, 11) is -0.215. The van der Waals surface area contributed by atoms with Crippen LogP contribution in [0.5, 0.6) is 0 Å². The first-order valence-corrected chi connectivity index (χ1v) is 10.6. The van der Waals surface area contributed by atoms with Crippen LogP contribution in [-0.2, 0) is 28.4 Å². The average Bonchev–Trinajstić information content (AvgIpc) is 3.12. The van der Waals surface area contributed by atoms with Crippen molar-refractivity contribution in [3.05, 3.63) is 52.3 Å². The van der Waals surface area contributed by atoms with Crippen LogP contribution >= 0.6 is 0 Å². The van der Waals surface area contributed by atoms with Gasteiger partial charge in [-0.3, -0.25) is 19.6 Å². The van der Waals surface area contributed by atoms with E-state index in [1.165, 1.54) is 28.6 Å². The summed E-state index contributed by atoms with van der Waals surface area (Å²) in [4.78, 5) is 24.5. The van der Waals surface area contributed by atoms with Crippen LogP contribution in [0.1, 0.15) is 18.5 Å². The molecule has 0 spiro atoms. The summed E-state index contributed by atoms with van der Waals surface area (Å²) in [5.41, 5.74) is 0.630. The van der Waals surface area contributed by atoms with E-state index in [-0.39, 0.29) is 35.5 Å². The topological polar surface area (TPSA) is 119 Å². The summed E-state index contributed by atoms with van der Waals surface area (Å²) in [6.07, 6.45) is 2.67. The molecule has 0 unspecified atom stereocenters. The van der Waals surface area contributed by atoms with Gasteiger partial charge in [0, 0.05) is 51.4 Å². The largest absolute Gasteiger partial charge is 0.340 e. The van der Waals surface area contributed by atoms with Gasteiger partial charge in [0.05, 0.1) is 22.1 Å². The summed E-state index contributed by atoms with van der Waals surface area (Å²) in [6.45, 7) is 0.862. The summed E-state index contributed by atoms with van der Waals surface area (Å²) in [5.74, 6) is -0.268. The molecule has 1 amide bonds. The number of amides is 1. The highest BCUT2D eigenvalue weighted by Crippen LogP contribution is 2.26. The monoisotopic (exact) mass is 421 g/mol. The zero-order chi connectivity index (χ0) is 21.2. The number of piperidine rings is 1. The van der Waals surface area contributed by atoms with E-state index < -0.39 is 14.9 Å². The van der Waals surface area contributed by atoms with Gasteiger partial charge in [-0.25, -0.2) is 8.42 Å². The zero-order valence-corrected chi connectivity index (χ0v) is 17.1. The minimum absolute atomic E-state index is 0.0140. The van der Waals surface area contributed by atoms with E-state index in [0.717, 1.165) is 5.69 Å². The standard InChI is InChI=1S/C18H23N5O5S/c1-20(13-15-9-10-21(2)19-15)18(24)14-7-11-22(12-8-14)29(27,28)17-5-3-16(4-6-17)23(25)26/h3-6,9-10,14H,7-8,11-13H2,1-2H3. The number of nitrogens with zero attached hydrogens (tertiary/aromatic N) is 5. The molecule has 0 N–H and O–H groups in total. The smallest absolute Gasteiger partial charge is 0.269 e. The van der Waals surface area contributed by atoms with Gasteiger partial charge in [-0.05, 0) is 31.0 Å². The number of non-ortho nitro benzene ring substituents is 1. The van der Waals surface area contributed by atoms with E-state index in [4.69, 9.17) is 0 Å². The van der Waals surface area contributed by atoms with E-state index in [0.29, 0.717) is 19.4 Å². The first-order chi connectivity index (χ1) is 13.7. The Labute approximate surface area is 168 Å². The summed E-state index contributed by atoms with van der Waals surface area (Å²) < 4.78 is 28.6. The van der Waals surface area contributed by atoms with Crippen molar-refractivity contribution in [2.45, 2.75) is 24.3 Å². The number of nitro benzene ring substituents is 1. The van der Waals surface area contributed by atoms with Crippen molar-refractivity contribution in [3.63, 3.8) is 0 Å². The fourth-order valence-electron chi connectivity index (χ4n) is 3.41. The number of hydrogen-bond acceptors (Lipinski definition) is 6. The number of aryl methyl sites for hydroxylation is 1. The van der Waals surface area contributed by atoms with Gasteiger partial charge >= 0.3 is 0 Å². The van der Waals surface area contributed by atoms with Crippen LogP contribution in [0, 0.1) is 16.0 Å². The SMILES string of the molecule is CN(Cc1ccn(C)n1)C(=O)C1CCN(S(=O)(=O)c2ccc([N+](=O)[O-])cc2)CC1. The third kappa shape index (κ3) is 4.62. The molecule has 10 nitrogen and oxygen atoms in total. The van der Waals surface area contributed by atoms with Crippen molar-refractivity contribution < 1.29 is 18.1 Å². The molecular formula is C18H23N5O5S. The molecule has 1 aliphatic heterocycles. The van der Waals surface area contributed by atoms with Crippen LogP contribution < -0.4 is 0 Å². The van der Waals surface area contributed by atoms with E-state index in [1.54, 1.807) is 16.6 Å². The number of benzene rings is 1. The number of hydrogen-bond donors (Lipinski definition) is 0. The van der Waals surface area contributed by atoms with Crippen LogP contribution in [0.25, 0.3) is 0 Å². The number of nitro groups is 1. The molecule has 0 atom stereocenters. The third-order valence-electron chi connectivity index (χ3n) is 5.03. The minimum atomic E-state index is -3.75. The number of rotatable bonds is 6. The van der Waals surface area contributed by atoms with Crippen LogP contribution in [0.4, 0.5) is 5.69 Å². The molecule has 2 aromatic rings. The average molecular weight is 421 g/mol. The van der Waals surface area contributed by atoms with Gasteiger partial charge in [0.1, 0.15) is 0 Å². The second-order valence-electron chi connectivity index (χ2n) is 7.10. The first-order valence-electron chi connectivity index (χ1n) is 9.16. The maximum atomic E-state index is 12.8. The quantitative estimate of drug-likeness (QED) is 0.514. The van der Waals surface area contributed by atoms with Crippen molar-refractivity contribution >= 4 is 21.6 Å². The Morgan fingerprint density at radius 2 is 1.86 bits per heavy atom. The normalized spacial score (nSPS) is 15.9. The summed E-state index contributed by atoms with van der Waals surface area (Å²) in [6, 6.07) is 6.69. The molecule has 29 heavy (non-hydrogen) atoms. The van der Waals surface area contributed by atoms with Gasteiger partial charge in [-0.2, -0.15) is 9.40 Å². The minimum Gasteiger partial charge on any atom is -0.340 e. The lowest BCUT2D eigenvalue weighted by atomic mass is 9.96. The predicted octanol–water partition coefficient (Wildman–Crippen LogP) is 1.39. The number of carbonyl (C=O) groups is 1. The summed E-state index contributed by atoms with van der Waals surface area (Å²) in [5, 5.41) is 15.0. The second kappa shape index (κ2) is 8.29. The molecule has 1 aromatic heterocycles. The van der Waals surface area contributed by atoms with Crippen molar-refractivity contribution in [3.8, 4) is 0 Å². The Kier molecular flexibility index (Phi) is 5.99. The lowest BCUT2D eigenvalue weighted by Gasteiger charge is -2.32. The highest BCUT2D eigenvalue weighted by molar-refractivity contribution is 7.89. The predicted molar refractivity (Wildman–Crippen MR) is 104 cm³/mol. The van der Waals surface area contributed by atoms with Crippen molar-refractivity contribution in [2.75, 3.05) is 20.1 Å². The molecule has 11 heteroatoms. The fraction of sp³-hybridized carbons (Fsp3) is 0.444. The molecular weight excluding hydrogens is 398 g/mol. The zero-order valence-electron chi connectivity index (χ0n) is 16.3. The van der Waals surface area contributed by atoms with Gasteiger partial charge in [-0.15, -0.1) is 0 Å². The molecule has 0 saturated carbocycles. The third-order valence-corrected chi connectivity index (χ3v) is 6.95. The Hall–Kier alpha value is -2.79. The number of aromatic nitrogens is 2. The maximum absolute atomic E-state index is 12.8. The number of sulfonamides is 1. The molecule has 1 saturated heterocycles. The van der Waals surface area contributed by atoms with Gasteiger partial charge in [0.25, 0.3) is 5.69 Å². The van der Waals surface area contributed by atoms with Crippen LogP contribution in [0.2, 0.25) is 0 Å². The van der Waals surface area contributed by atoms with E-state index >= 15 is 0 Å². The van der Waals surface area contributed by atoms with Crippen molar-refractivity contribution in [1.29, 1.82) is 0 Å². The molecule has 3 rings (SSSR count). The van der Waals surface area contributed by atoms with Crippen LogP contribution in [-0.4, -0.2) is 58.4 Å². The van der Waals surface area contributed by atoms with Gasteiger partial charge in [0.2, 0.25) is 15.9 Å². The maximum Gasteiger partial charge on any atom is 0.269 e. The molecule has 0 aliphatic carbocycles. The molecule has 1 fully saturated rings. The highest BCUT2D eigenvalue weighted by Gasteiger charge is 2.33. The first kappa shape index (κ1) is 20.9. The lowest BCUT2D eigenvalue weighted by molar-refractivity contribution is -0.384. The molecule has 0 bridgehead atoms. The highest BCUT2D eigenvalue weighted by atomic mass is 32.2. The summed E-state index contributed by atoms with van der Waals surface area (Å²) >= 11 is 0. The van der Waals surface area contributed by atoms with Gasteiger partial charge in [0.15, 0.2) is 0 Å². The van der Waals surface area contributed by atoms with Gasteiger partial charge in [-0.1, -0.05) is 0 Å². The molecule has 156 valence electrons. The van der Waals surface area contributed by atoms with Crippen LogP contribution in [0.15, 0.2) is 41.4 Å². The van der Waals surface area contributed by atoms with Crippen molar-refractivity contribution in [2.24, 2.45) is 13.0 Å². The van der Waals surface area contributed by atoms with E-state index in [9.17, 15) is 23.3 Å². The fourth-order valence-corrected chi connectivity index (χ4v) is 4.88. The van der Waals surface area contributed by atoms with E-state index in [1.807, 2.05) is 19.3 Å². The molecule has 2 heterocycles. The van der Waals surface area contributed by atoms with E-state index in [2.05, 4.69) is 5.10 Å². The molecule has 1 aliphatic rings.